The Balaban J connectivity index is 3.57. The van der Waals surface area contributed by atoms with Crippen LogP contribution in [0, 0.1) is 0 Å². The zero-order chi connectivity index (χ0) is 10.7. The Hall–Kier alpha value is -0.930. The number of hydrogen-bond acceptors (Lipinski definition) is 3. The minimum absolute atomic E-state index is 0.0527. The fourth-order valence-corrected chi connectivity index (χ4v) is 1.55. The van der Waals surface area contributed by atoms with Crippen molar-refractivity contribution in [1.82, 2.24) is 0 Å². The third-order valence-corrected chi connectivity index (χ3v) is 2.19. The molecular weight excluding hydrogens is 227 g/mol. The Labute approximate surface area is 91.2 Å². The molecule has 0 radical (unpaired) electrons. The second-order valence-corrected chi connectivity index (χ2v) is 3.26. The van der Waals surface area contributed by atoms with E-state index in [1.54, 1.807) is 0 Å². The van der Waals surface area contributed by atoms with Gasteiger partial charge in [0.1, 0.15) is 5.75 Å². The molecule has 0 atom stereocenters. The quantitative estimate of drug-likeness (QED) is 0.789. The summed E-state index contributed by atoms with van der Waals surface area (Å²) in [5, 5.41) is 0.420. The van der Waals surface area contributed by atoms with Gasteiger partial charge in [0.25, 0.3) is 0 Å². The summed E-state index contributed by atoms with van der Waals surface area (Å²) in [5.41, 5.74) is -0.374. The van der Waals surface area contributed by atoms with Crippen LogP contribution < -0.4 is 14.9 Å². The molecule has 0 saturated heterocycles. The lowest BCUT2D eigenvalue weighted by molar-refractivity contribution is 0.408. The Bertz CT molecular complexity index is 404. The van der Waals surface area contributed by atoms with Crippen LogP contribution in [0.3, 0.4) is 0 Å². The molecule has 0 N–H and O–H groups in total. The molecular formula is C9H8Cl2O3. The zero-order valence-corrected chi connectivity index (χ0v) is 9.15. The molecule has 0 amide bonds. The molecule has 1 aromatic rings. The third-order valence-electron chi connectivity index (χ3n) is 1.62. The lowest BCUT2D eigenvalue weighted by atomic mass is 10.4. The largest absolute Gasteiger partial charge is 0.495 e. The molecule has 0 bridgehead atoms. The highest BCUT2D eigenvalue weighted by molar-refractivity contribution is 6.35. The average Bonchev–Trinajstić information content (AvgIpc) is 2.23. The first-order valence-corrected chi connectivity index (χ1v) is 4.47. The summed E-state index contributed by atoms with van der Waals surface area (Å²) in [4.78, 5) is 11.5. The van der Waals surface area contributed by atoms with Crippen LogP contribution in [0.4, 0.5) is 0 Å². The van der Waals surface area contributed by atoms with Crippen molar-refractivity contribution in [2.24, 2.45) is 0 Å². The predicted molar refractivity (Wildman–Crippen MR) is 55.8 cm³/mol. The third kappa shape index (κ3) is 2.11. The van der Waals surface area contributed by atoms with Gasteiger partial charge < -0.3 is 9.47 Å². The van der Waals surface area contributed by atoms with E-state index in [1.165, 1.54) is 26.4 Å². The lowest BCUT2D eigenvalue weighted by Gasteiger charge is -1.95. The van der Waals surface area contributed by atoms with Gasteiger partial charge in [-0.15, -0.1) is 0 Å². The number of hydrogen-bond donors (Lipinski definition) is 0. The molecule has 0 aliphatic rings. The first-order valence-electron chi connectivity index (χ1n) is 3.71. The number of methoxy groups -OCH3 is 2. The van der Waals surface area contributed by atoms with Crippen molar-refractivity contribution >= 4 is 23.2 Å². The van der Waals surface area contributed by atoms with Gasteiger partial charge in [0, 0.05) is 6.07 Å². The van der Waals surface area contributed by atoms with E-state index < -0.39 is 0 Å². The first kappa shape index (κ1) is 11.1. The Kier molecular flexibility index (Phi) is 3.61. The van der Waals surface area contributed by atoms with Crippen molar-refractivity contribution in [3.05, 3.63) is 32.4 Å². The van der Waals surface area contributed by atoms with Crippen LogP contribution in [0.25, 0.3) is 0 Å². The van der Waals surface area contributed by atoms with Crippen molar-refractivity contribution in [1.29, 1.82) is 0 Å². The van der Waals surface area contributed by atoms with Crippen LogP contribution in [0.15, 0.2) is 16.9 Å². The first-order chi connectivity index (χ1) is 6.60. The molecule has 14 heavy (non-hydrogen) atoms. The van der Waals surface area contributed by atoms with Gasteiger partial charge in [-0.2, -0.15) is 0 Å². The molecule has 0 heterocycles. The van der Waals surface area contributed by atoms with E-state index >= 15 is 0 Å². The van der Waals surface area contributed by atoms with Gasteiger partial charge in [0.05, 0.1) is 24.3 Å². The highest BCUT2D eigenvalue weighted by atomic mass is 35.5. The topological polar surface area (TPSA) is 35.5 Å². The molecule has 0 spiro atoms. The monoisotopic (exact) mass is 234 g/mol. The second-order valence-electron chi connectivity index (χ2n) is 2.45. The molecule has 0 aromatic heterocycles. The van der Waals surface area contributed by atoms with Crippen molar-refractivity contribution < 1.29 is 9.47 Å². The number of ether oxygens (including phenoxy) is 2. The summed E-state index contributed by atoms with van der Waals surface area (Å²) < 4.78 is 9.73. The van der Waals surface area contributed by atoms with E-state index in [2.05, 4.69) is 0 Å². The highest BCUT2D eigenvalue weighted by Crippen LogP contribution is 2.28. The minimum Gasteiger partial charge on any atom is -0.495 e. The van der Waals surface area contributed by atoms with Crippen molar-refractivity contribution in [3.8, 4) is 11.5 Å². The molecule has 0 aliphatic carbocycles. The molecule has 0 fully saturated rings. The standard InChI is InChI=1S/C9H8Cl2O3/c1-13-8-4-7(12)9(14-2)6(11)3-5(8)10/h3-4H,1-2H3. The van der Waals surface area contributed by atoms with Crippen LogP contribution >= 0.6 is 23.2 Å². The summed E-state index contributed by atoms with van der Waals surface area (Å²) >= 11 is 11.6. The van der Waals surface area contributed by atoms with Crippen LogP contribution in [-0.2, 0) is 0 Å². The van der Waals surface area contributed by atoms with Gasteiger partial charge in [-0.3, -0.25) is 4.79 Å². The maximum absolute atomic E-state index is 11.5. The molecule has 76 valence electrons. The van der Waals surface area contributed by atoms with Gasteiger partial charge in [-0.1, -0.05) is 23.2 Å². The van der Waals surface area contributed by atoms with Crippen LogP contribution in [0.5, 0.6) is 11.5 Å². The van der Waals surface area contributed by atoms with E-state index in [9.17, 15) is 4.79 Å². The number of rotatable bonds is 2. The Morgan fingerprint density at radius 1 is 1.07 bits per heavy atom. The maximum atomic E-state index is 11.5. The van der Waals surface area contributed by atoms with Crippen molar-refractivity contribution in [2.75, 3.05) is 14.2 Å². The van der Waals surface area contributed by atoms with Gasteiger partial charge in [-0.25, -0.2) is 0 Å². The average molecular weight is 235 g/mol. The van der Waals surface area contributed by atoms with E-state index in [0.29, 0.717) is 0 Å². The Morgan fingerprint density at radius 2 is 1.71 bits per heavy atom. The molecule has 1 rings (SSSR count). The minimum atomic E-state index is -0.374. The molecule has 0 aliphatic heterocycles. The Morgan fingerprint density at radius 3 is 2.21 bits per heavy atom. The zero-order valence-electron chi connectivity index (χ0n) is 7.64. The smallest absolute Gasteiger partial charge is 0.225 e. The SMILES string of the molecule is COc1cc(=O)c(OC)c(Cl)cc1Cl. The summed E-state index contributed by atoms with van der Waals surface area (Å²) in [6.07, 6.45) is 0. The highest BCUT2D eigenvalue weighted by Gasteiger charge is 2.08. The summed E-state index contributed by atoms with van der Waals surface area (Å²) in [7, 11) is 2.78. The van der Waals surface area contributed by atoms with Gasteiger partial charge in [-0.05, 0) is 6.07 Å². The molecule has 3 nitrogen and oxygen atoms in total. The van der Waals surface area contributed by atoms with Gasteiger partial charge in [0.15, 0.2) is 5.75 Å². The normalized spacial score (nSPS) is 9.71. The predicted octanol–water partition coefficient (Wildman–Crippen LogP) is 2.37. The summed E-state index contributed by atoms with van der Waals surface area (Å²) in [6, 6.07) is 2.63. The van der Waals surface area contributed by atoms with Crippen LogP contribution in [0.1, 0.15) is 0 Å². The van der Waals surface area contributed by atoms with Crippen LogP contribution in [-0.4, -0.2) is 14.2 Å². The second kappa shape index (κ2) is 4.53. The van der Waals surface area contributed by atoms with E-state index in [0.717, 1.165) is 0 Å². The van der Waals surface area contributed by atoms with E-state index in [-0.39, 0.29) is 27.0 Å². The van der Waals surface area contributed by atoms with Crippen molar-refractivity contribution in [3.63, 3.8) is 0 Å². The maximum Gasteiger partial charge on any atom is 0.225 e. The van der Waals surface area contributed by atoms with Crippen LogP contribution in [0.2, 0.25) is 10.0 Å². The summed E-state index contributed by atoms with van der Waals surface area (Å²) in [5.74, 6) is 0.318. The van der Waals surface area contributed by atoms with E-state index in [4.69, 9.17) is 32.7 Å². The van der Waals surface area contributed by atoms with E-state index in [1.807, 2.05) is 0 Å². The molecule has 0 saturated carbocycles. The molecule has 0 unspecified atom stereocenters. The fraction of sp³-hybridized carbons (Fsp3) is 0.222. The molecule has 5 heteroatoms. The van der Waals surface area contributed by atoms with Gasteiger partial charge in [0.2, 0.25) is 5.43 Å². The van der Waals surface area contributed by atoms with Gasteiger partial charge >= 0.3 is 0 Å². The fourth-order valence-electron chi connectivity index (χ4n) is 0.974. The number of halogens is 2. The molecule has 1 aromatic carbocycles. The lowest BCUT2D eigenvalue weighted by Crippen LogP contribution is -2.01. The summed E-state index contributed by atoms with van der Waals surface area (Å²) in [6.45, 7) is 0. The van der Waals surface area contributed by atoms with Crippen molar-refractivity contribution in [2.45, 2.75) is 0 Å².